The van der Waals surface area contributed by atoms with Crippen LogP contribution in [0.3, 0.4) is 0 Å². The molecule has 29 heavy (non-hydrogen) atoms. The molecule has 0 radical (unpaired) electrons. The van der Waals surface area contributed by atoms with E-state index in [1.165, 1.54) is 12.3 Å². The van der Waals surface area contributed by atoms with Crippen LogP contribution in [-0.2, 0) is 17.5 Å². The molecule has 2 N–H and O–H groups in total. The summed E-state index contributed by atoms with van der Waals surface area (Å²) in [5, 5.41) is 6.01. The first-order valence-electron chi connectivity index (χ1n) is 8.72. The molecular formula is C19H24F3IN4O2. The average Bonchev–Trinajstić information content (AvgIpc) is 2.69. The van der Waals surface area contributed by atoms with E-state index in [4.69, 9.17) is 9.47 Å². The van der Waals surface area contributed by atoms with E-state index < -0.39 is 17.6 Å². The van der Waals surface area contributed by atoms with Crippen LogP contribution in [0, 0.1) is 0 Å². The first-order valence-corrected chi connectivity index (χ1v) is 8.72. The lowest BCUT2D eigenvalue weighted by atomic mass is 10.2. The number of guanidine groups is 1. The number of nitrogens with one attached hydrogen (secondary N) is 2. The maximum Gasteiger partial charge on any atom is 0.421 e. The second kappa shape index (κ2) is 13.2. The fraction of sp³-hybridized carbons (Fsp3) is 0.368. The second-order valence-corrected chi connectivity index (χ2v) is 5.67. The van der Waals surface area contributed by atoms with Crippen LogP contribution >= 0.6 is 24.0 Å². The van der Waals surface area contributed by atoms with Crippen molar-refractivity contribution in [1.29, 1.82) is 0 Å². The molecule has 1 heterocycles. The molecule has 0 saturated carbocycles. The van der Waals surface area contributed by atoms with Crippen molar-refractivity contribution in [2.24, 2.45) is 4.99 Å². The minimum Gasteiger partial charge on any atom is -0.475 e. The van der Waals surface area contributed by atoms with E-state index in [1.807, 2.05) is 30.3 Å². The molecule has 10 heteroatoms. The van der Waals surface area contributed by atoms with Crippen molar-refractivity contribution in [2.45, 2.75) is 12.8 Å². The lowest BCUT2D eigenvalue weighted by Crippen LogP contribution is -2.40. The number of aliphatic imine (C=N–C) groups is 1. The number of halogens is 4. The average molecular weight is 524 g/mol. The molecule has 6 nitrogen and oxygen atoms in total. The summed E-state index contributed by atoms with van der Waals surface area (Å²) in [7, 11) is 1.60. The van der Waals surface area contributed by atoms with Crippen LogP contribution in [0.25, 0.3) is 0 Å². The van der Waals surface area contributed by atoms with Gasteiger partial charge in [0.15, 0.2) is 5.96 Å². The minimum atomic E-state index is -4.51. The highest BCUT2D eigenvalue weighted by atomic mass is 127. The van der Waals surface area contributed by atoms with E-state index in [0.29, 0.717) is 25.7 Å². The van der Waals surface area contributed by atoms with Crippen LogP contribution in [-0.4, -0.2) is 44.3 Å². The highest BCUT2D eigenvalue weighted by Gasteiger charge is 2.34. The van der Waals surface area contributed by atoms with Crippen LogP contribution < -0.4 is 15.4 Å². The van der Waals surface area contributed by atoms with Crippen molar-refractivity contribution in [1.82, 2.24) is 15.6 Å². The van der Waals surface area contributed by atoms with Gasteiger partial charge in [-0.2, -0.15) is 13.2 Å². The number of alkyl halides is 3. The minimum absolute atomic E-state index is 0. The number of hydrogen-bond acceptors (Lipinski definition) is 4. The van der Waals surface area contributed by atoms with Gasteiger partial charge in [-0.1, -0.05) is 30.3 Å². The van der Waals surface area contributed by atoms with Gasteiger partial charge in [0.2, 0.25) is 5.88 Å². The summed E-state index contributed by atoms with van der Waals surface area (Å²) in [6.07, 6.45) is -3.25. The van der Waals surface area contributed by atoms with Crippen molar-refractivity contribution in [2.75, 3.05) is 33.4 Å². The fourth-order valence-corrected chi connectivity index (χ4v) is 2.27. The number of aromatic nitrogens is 1. The SMILES string of the molecule is CN=C(NCCOCc1ccccc1)NCCOc1ncccc1C(F)(F)F.I. The highest BCUT2D eigenvalue weighted by Crippen LogP contribution is 2.34. The van der Waals surface area contributed by atoms with Gasteiger partial charge in [0.1, 0.15) is 12.2 Å². The Morgan fingerprint density at radius 2 is 1.72 bits per heavy atom. The molecule has 2 aromatic rings. The molecule has 0 fully saturated rings. The Morgan fingerprint density at radius 3 is 2.38 bits per heavy atom. The Labute approximate surface area is 184 Å². The first-order chi connectivity index (χ1) is 13.5. The molecule has 160 valence electrons. The van der Waals surface area contributed by atoms with Crippen molar-refractivity contribution in [3.05, 3.63) is 59.8 Å². The van der Waals surface area contributed by atoms with E-state index >= 15 is 0 Å². The van der Waals surface area contributed by atoms with E-state index in [2.05, 4.69) is 20.6 Å². The number of rotatable bonds is 9. The molecule has 0 amide bonds. The zero-order valence-electron chi connectivity index (χ0n) is 15.9. The third-order valence-corrected chi connectivity index (χ3v) is 3.58. The maximum atomic E-state index is 12.9. The van der Waals surface area contributed by atoms with Gasteiger partial charge >= 0.3 is 6.18 Å². The summed E-state index contributed by atoms with van der Waals surface area (Å²) < 4.78 is 49.3. The largest absolute Gasteiger partial charge is 0.475 e. The highest BCUT2D eigenvalue weighted by molar-refractivity contribution is 14.0. The summed E-state index contributed by atoms with van der Waals surface area (Å²) in [4.78, 5) is 7.68. The van der Waals surface area contributed by atoms with Crippen LogP contribution in [0.2, 0.25) is 0 Å². The van der Waals surface area contributed by atoms with Gasteiger partial charge in [-0.25, -0.2) is 4.98 Å². The molecule has 0 unspecified atom stereocenters. The number of ether oxygens (including phenoxy) is 2. The van der Waals surface area contributed by atoms with Gasteiger partial charge in [-0.05, 0) is 17.7 Å². The Kier molecular flexibility index (Phi) is 11.4. The van der Waals surface area contributed by atoms with E-state index in [9.17, 15) is 13.2 Å². The summed E-state index contributed by atoms with van der Waals surface area (Å²) in [6, 6.07) is 12.0. The Hall–Kier alpha value is -2.08. The van der Waals surface area contributed by atoms with Gasteiger partial charge in [0.25, 0.3) is 0 Å². The molecule has 0 atom stereocenters. The summed E-state index contributed by atoms with van der Waals surface area (Å²) in [5.41, 5.74) is 0.197. The van der Waals surface area contributed by atoms with Gasteiger partial charge < -0.3 is 20.1 Å². The summed E-state index contributed by atoms with van der Waals surface area (Å²) in [5.74, 6) is 0.0676. The van der Waals surface area contributed by atoms with Gasteiger partial charge in [-0.3, -0.25) is 4.99 Å². The lowest BCUT2D eigenvalue weighted by molar-refractivity contribution is -0.139. The van der Waals surface area contributed by atoms with Crippen molar-refractivity contribution >= 4 is 29.9 Å². The molecule has 0 bridgehead atoms. The van der Waals surface area contributed by atoms with Crippen LogP contribution in [0.4, 0.5) is 13.2 Å². The quantitative estimate of drug-likeness (QED) is 0.228. The standard InChI is InChI=1S/C19H23F3N4O2.HI/c1-23-18(25-10-12-27-14-15-6-3-2-4-7-15)26-11-13-28-17-16(19(20,21)22)8-5-9-24-17;/h2-9H,10-14H2,1H3,(H2,23,25,26);1H. The second-order valence-electron chi connectivity index (χ2n) is 5.67. The molecule has 2 rings (SSSR count). The summed E-state index contributed by atoms with van der Waals surface area (Å²) >= 11 is 0. The zero-order chi connectivity index (χ0) is 20.2. The monoisotopic (exact) mass is 524 g/mol. The van der Waals surface area contributed by atoms with Gasteiger partial charge in [0.05, 0.1) is 19.8 Å². The van der Waals surface area contributed by atoms with Crippen LogP contribution in [0.15, 0.2) is 53.7 Å². The number of nitrogens with zero attached hydrogens (tertiary/aromatic N) is 2. The van der Waals surface area contributed by atoms with Gasteiger partial charge in [0, 0.05) is 19.8 Å². The predicted octanol–water partition coefficient (Wildman–Crippen LogP) is 3.48. The lowest BCUT2D eigenvalue weighted by Gasteiger charge is -2.14. The molecule has 0 aliphatic heterocycles. The van der Waals surface area contributed by atoms with E-state index in [-0.39, 0.29) is 37.1 Å². The third-order valence-electron chi connectivity index (χ3n) is 3.58. The predicted molar refractivity (Wildman–Crippen MR) is 116 cm³/mol. The number of hydrogen-bond donors (Lipinski definition) is 2. The Balaban J connectivity index is 0.00000420. The van der Waals surface area contributed by atoms with E-state index in [0.717, 1.165) is 11.6 Å². The molecule has 0 spiro atoms. The molecule has 0 saturated heterocycles. The van der Waals surface area contributed by atoms with Gasteiger partial charge in [-0.15, -0.1) is 24.0 Å². The third kappa shape index (κ3) is 9.31. The Bertz CT molecular complexity index is 746. The van der Waals surface area contributed by atoms with Crippen molar-refractivity contribution < 1.29 is 22.6 Å². The first kappa shape index (κ1) is 25.0. The van der Waals surface area contributed by atoms with Crippen molar-refractivity contribution in [3.8, 4) is 5.88 Å². The summed E-state index contributed by atoms with van der Waals surface area (Å²) in [6.45, 7) is 1.80. The molecule has 1 aromatic carbocycles. The number of pyridine rings is 1. The smallest absolute Gasteiger partial charge is 0.421 e. The van der Waals surface area contributed by atoms with Crippen LogP contribution in [0.1, 0.15) is 11.1 Å². The fourth-order valence-electron chi connectivity index (χ4n) is 2.27. The Morgan fingerprint density at radius 1 is 1.03 bits per heavy atom. The molecule has 0 aliphatic carbocycles. The normalized spacial score (nSPS) is 11.5. The molecule has 1 aromatic heterocycles. The van der Waals surface area contributed by atoms with Crippen molar-refractivity contribution in [3.63, 3.8) is 0 Å². The molecule has 0 aliphatic rings. The topological polar surface area (TPSA) is 67.8 Å². The maximum absolute atomic E-state index is 12.9. The van der Waals surface area contributed by atoms with E-state index in [1.54, 1.807) is 7.05 Å². The van der Waals surface area contributed by atoms with Crippen LogP contribution in [0.5, 0.6) is 5.88 Å². The zero-order valence-corrected chi connectivity index (χ0v) is 18.2. The number of benzene rings is 1. The molecular weight excluding hydrogens is 500 g/mol.